The summed E-state index contributed by atoms with van der Waals surface area (Å²) in [4.78, 5) is 11.8. The molecular weight excluding hydrogens is 284 g/mol. The van der Waals surface area contributed by atoms with E-state index in [4.69, 9.17) is 18.0 Å². The smallest absolute Gasteiger partial charge is 0.266 e. The fraction of sp³-hybridized carbons (Fsp3) is 0.267. The van der Waals surface area contributed by atoms with Crippen molar-refractivity contribution in [2.24, 2.45) is 5.73 Å². The Morgan fingerprint density at radius 3 is 2.67 bits per heavy atom. The maximum absolute atomic E-state index is 11.8. The molecule has 2 aromatic rings. The zero-order valence-corrected chi connectivity index (χ0v) is 12.5. The van der Waals surface area contributed by atoms with Crippen LogP contribution in [0, 0.1) is 0 Å². The third-order valence-corrected chi connectivity index (χ3v) is 3.18. The van der Waals surface area contributed by atoms with E-state index in [0.29, 0.717) is 18.2 Å². The number of unbranched alkanes of at least 4 members (excludes halogenated alkanes) is 1. The lowest BCUT2D eigenvalue weighted by atomic mass is 10.1. The first-order valence-electron chi connectivity index (χ1n) is 6.84. The minimum Gasteiger partial charge on any atom is -0.376 e. The van der Waals surface area contributed by atoms with Crippen molar-refractivity contribution >= 4 is 17.3 Å². The second kappa shape index (κ2) is 7.54. The monoisotopic (exact) mass is 302 g/mol. The van der Waals surface area contributed by atoms with Crippen molar-refractivity contribution in [3.8, 4) is 11.3 Å². The lowest BCUT2D eigenvalue weighted by Crippen LogP contribution is -2.30. The number of rotatable bonds is 6. The van der Waals surface area contributed by atoms with Crippen molar-refractivity contribution in [3.63, 3.8) is 0 Å². The second-order valence-corrected chi connectivity index (χ2v) is 5.08. The Balaban J connectivity index is 2.00. The molecule has 0 fully saturated rings. The summed E-state index contributed by atoms with van der Waals surface area (Å²) >= 11 is 4.73. The summed E-state index contributed by atoms with van der Waals surface area (Å²) in [5.41, 5.74) is 7.06. The van der Waals surface area contributed by atoms with E-state index in [1.807, 2.05) is 30.3 Å². The number of aromatic nitrogens is 2. The summed E-state index contributed by atoms with van der Waals surface area (Å²) in [6.07, 6.45) is 1.71. The summed E-state index contributed by atoms with van der Waals surface area (Å²) in [7, 11) is 0. The number of hydrogen-bond donors (Lipinski definition) is 2. The molecule has 5 nitrogen and oxygen atoms in total. The molecule has 0 bridgehead atoms. The third-order valence-electron chi connectivity index (χ3n) is 3.03. The predicted molar refractivity (Wildman–Crippen MR) is 88.0 cm³/mol. The molecule has 6 heteroatoms. The highest BCUT2D eigenvalue weighted by Crippen LogP contribution is 2.13. The van der Waals surface area contributed by atoms with Gasteiger partial charge in [0.15, 0.2) is 5.11 Å². The lowest BCUT2D eigenvalue weighted by Gasteiger charge is -2.07. The van der Waals surface area contributed by atoms with Crippen LogP contribution in [0.2, 0.25) is 0 Å². The quantitative estimate of drug-likeness (QED) is 0.625. The largest absolute Gasteiger partial charge is 0.376 e. The minimum atomic E-state index is -0.0861. The van der Waals surface area contributed by atoms with Gasteiger partial charge in [-0.15, -0.1) is 0 Å². The van der Waals surface area contributed by atoms with E-state index in [1.165, 1.54) is 4.68 Å². The fourth-order valence-electron chi connectivity index (χ4n) is 1.97. The van der Waals surface area contributed by atoms with Gasteiger partial charge in [0, 0.05) is 24.7 Å². The van der Waals surface area contributed by atoms with Crippen LogP contribution in [0.4, 0.5) is 0 Å². The number of thiocarbonyl (C=S) groups is 1. The van der Waals surface area contributed by atoms with Crippen LogP contribution in [-0.2, 0) is 6.54 Å². The molecule has 3 N–H and O–H groups in total. The molecular formula is C15H18N4OS. The summed E-state index contributed by atoms with van der Waals surface area (Å²) in [5.74, 6) is 0. The summed E-state index contributed by atoms with van der Waals surface area (Å²) in [5, 5.41) is 7.60. The molecule has 1 heterocycles. The van der Waals surface area contributed by atoms with Crippen molar-refractivity contribution in [2.45, 2.75) is 19.4 Å². The highest BCUT2D eigenvalue weighted by molar-refractivity contribution is 7.80. The molecule has 110 valence electrons. The Morgan fingerprint density at radius 2 is 1.95 bits per heavy atom. The van der Waals surface area contributed by atoms with Gasteiger partial charge in [-0.25, -0.2) is 4.68 Å². The molecule has 0 atom stereocenters. The van der Waals surface area contributed by atoms with Crippen LogP contribution < -0.4 is 16.6 Å². The van der Waals surface area contributed by atoms with Crippen molar-refractivity contribution in [2.75, 3.05) is 6.54 Å². The number of nitrogens with zero attached hydrogens (tertiary/aromatic N) is 2. The van der Waals surface area contributed by atoms with E-state index < -0.39 is 0 Å². The third kappa shape index (κ3) is 4.68. The van der Waals surface area contributed by atoms with E-state index in [-0.39, 0.29) is 5.56 Å². The summed E-state index contributed by atoms with van der Waals surface area (Å²) < 4.78 is 1.50. The van der Waals surface area contributed by atoms with Crippen LogP contribution in [0.15, 0.2) is 47.3 Å². The molecule has 0 spiro atoms. The lowest BCUT2D eigenvalue weighted by molar-refractivity contribution is 0.532. The van der Waals surface area contributed by atoms with Crippen molar-refractivity contribution in [1.82, 2.24) is 15.1 Å². The standard InChI is InChI=1S/C15H18N4OS/c16-15(21)17-10-4-5-11-19-14(20)9-8-13(18-19)12-6-2-1-3-7-12/h1-3,6-9H,4-5,10-11H2,(H3,16,17,21). The van der Waals surface area contributed by atoms with Gasteiger partial charge in [0.25, 0.3) is 5.56 Å². The molecule has 0 saturated carbocycles. The van der Waals surface area contributed by atoms with E-state index in [9.17, 15) is 4.79 Å². The van der Waals surface area contributed by atoms with Gasteiger partial charge in [-0.05, 0) is 31.1 Å². The molecule has 0 radical (unpaired) electrons. The number of nitrogens with two attached hydrogens (primary N) is 1. The SMILES string of the molecule is NC(=S)NCCCCn1nc(-c2ccccc2)ccc1=O. The maximum Gasteiger partial charge on any atom is 0.266 e. The van der Waals surface area contributed by atoms with Crippen molar-refractivity contribution < 1.29 is 0 Å². The van der Waals surface area contributed by atoms with Crippen LogP contribution in [0.25, 0.3) is 11.3 Å². The van der Waals surface area contributed by atoms with Crippen LogP contribution >= 0.6 is 12.2 Å². The number of benzene rings is 1. The Kier molecular flexibility index (Phi) is 5.45. The summed E-state index contributed by atoms with van der Waals surface area (Å²) in [6.45, 7) is 1.29. The van der Waals surface area contributed by atoms with Gasteiger partial charge in [-0.3, -0.25) is 4.79 Å². The zero-order valence-electron chi connectivity index (χ0n) is 11.7. The molecule has 0 aliphatic carbocycles. The van der Waals surface area contributed by atoms with Gasteiger partial charge in [-0.1, -0.05) is 30.3 Å². The molecule has 2 rings (SSSR count). The molecule has 0 amide bonds. The van der Waals surface area contributed by atoms with Crippen LogP contribution in [0.3, 0.4) is 0 Å². The Morgan fingerprint density at radius 1 is 1.19 bits per heavy atom. The molecule has 0 saturated heterocycles. The summed E-state index contributed by atoms with van der Waals surface area (Å²) in [6, 6.07) is 13.1. The Hall–Kier alpha value is -2.21. The minimum absolute atomic E-state index is 0.0861. The van der Waals surface area contributed by atoms with Gasteiger partial charge in [0.05, 0.1) is 5.69 Å². The highest BCUT2D eigenvalue weighted by Gasteiger charge is 2.02. The average Bonchev–Trinajstić information content (AvgIpc) is 2.49. The zero-order chi connectivity index (χ0) is 15.1. The van der Waals surface area contributed by atoms with E-state index >= 15 is 0 Å². The Bertz CT molecular complexity index is 654. The predicted octanol–water partition coefficient (Wildman–Crippen LogP) is 1.52. The van der Waals surface area contributed by atoms with Gasteiger partial charge in [-0.2, -0.15) is 5.10 Å². The average molecular weight is 302 g/mol. The van der Waals surface area contributed by atoms with Crippen LogP contribution in [0.1, 0.15) is 12.8 Å². The van der Waals surface area contributed by atoms with E-state index in [2.05, 4.69) is 10.4 Å². The first-order valence-corrected chi connectivity index (χ1v) is 7.24. The maximum atomic E-state index is 11.8. The van der Waals surface area contributed by atoms with E-state index in [1.54, 1.807) is 12.1 Å². The fourth-order valence-corrected chi connectivity index (χ4v) is 2.07. The van der Waals surface area contributed by atoms with Crippen LogP contribution in [-0.4, -0.2) is 21.4 Å². The van der Waals surface area contributed by atoms with Crippen molar-refractivity contribution in [1.29, 1.82) is 0 Å². The van der Waals surface area contributed by atoms with Gasteiger partial charge in [0.2, 0.25) is 0 Å². The van der Waals surface area contributed by atoms with Gasteiger partial charge >= 0.3 is 0 Å². The molecule has 0 aliphatic rings. The highest BCUT2D eigenvalue weighted by atomic mass is 32.1. The van der Waals surface area contributed by atoms with Crippen LogP contribution in [0.5, 0.6) is 0 Å². The molecule has 21 heavy (non-hydrogen) atoms. The number of hydrogen-bond acceptors (Lipinski definition) is 3. The molecule has 0 aliphatic heterocycles. The second-order valence-electron chi connectivity index (χ2n) is 4.64. The number of aryl methyl sites for hydroxylation is 1. The molecule has 0 unspecified atom stereocenters. The topological polar surface area (TPSA) is 72.9 Å². The molecule has 1 aromatic heterocycles. The number of nitrogens with one attached hydrogen (secondary N) is 1. The van der Waals surface area contributed by atoms with E-state index in [0.717, 1.165) is 24.1 Å². The first-order chi connectivity index (χ1) is 10.2. The first kappa shape index (κ1) is 15.2. The van der Waals surface area contributed by atoms with Gasteiger partial charge < -0.3 is 11.1 Å². The molecule has 1 aromatic carbocycles. The Labute approximate surface area is 128 Å². The van der Waals surface area contributed by atoms with Crippen molar-refractivity contribution in [3.05, 3.63) is 52.8 Å². The normalized spacial score (nSPS) is 10.3. The van der Waals surface area contributed by atoms with Gasteiger partial charge in [0.1, 0.15) is 0 Å².